The Morgan fingerprint density at radius 1 is 1.29 bits per heavy atom. The van der Waals surface area contributed by atoms with E-state index in [1.165, 1.54) is 18.3 Å². The number of rotatable bonds is 4. The van der Waals surface area contributed by atoms with Gasteiger partial charge in [0.2, 0.25) is 0 Å². The van der Waals surface area contributed by atoms with E-state index >= 15 is 0 Å². The highest BCUT2D eigenvalue weighted by atomic mass is 32.2. The SMILES string of the molecule is CS(=O)(=O)c1c(Oc2cccc(C(N)=S)c2)c(F)cc2[nH]ccc12. The standard InChI is InChI=1S/C16H13FN2O3S2/c1-24(20,21)15-11-5-6-19-13(11)8-12(17)14(15)22-10-4-2-3-9(7-10)16(18)23/h2-8,19H,1H3,(H2,18,23). The molecule has 2 aromatic carbocycles. The predicted octanol–water partition coefficient (Wildman–Crippen LogP) is 3.14. The number of hydrogen-bond donors (Lipinski definition) is 2. The molecule has 0 unspecified atom stereocenters. The first-order chi connectivity index (χ1) is 11.3. The zero-order valence-corrected chi connectivity index (χ0v) is 14.2. The summed E-state index contributed by atoms with van der Waals surface area (Å²) in [7, 11) is -3.73. The molecule has 0 amide bonds. The van der Waals surface area contributed by atoms with Crippen LogP contribution in [0.1, 0.15) is 5.56 Å². The third-order valence-electron chi connectivity index (χ3n) is 3.43. The molecule has 24 heavy (non-hydrogen) atoms. The Balaban J connectivity index is 2.21. The van der Waals surface area contributed by atoms with Gasteiger partial charge in [-0.1, -0.05) is 24.4 Å². The lowest BCUT2D eigenvalue weighted by atomic mass is 10.2. The van der Waals surface area contributed by atoms with Crippen molar-refractivity contribution >= 4 is 37.9 Å². The van der Waals surface area contributed by atoms with Gasteiger partial charge in [-0.15, -0.1) is 0 Å². The molecule has 0 saturated heterocycles. The average molecular weight is 364 g/mol. The van der Waals surface area contributed by atoms with Crippen molar-refractivity contribution in [3.05, 3.63) is 54.0 Å². The van der Waals surface area contributed by atoms with E-state index in [1.807, 2.05) is 0 Å². The van der Waals surface area contributed by atoms with Gasteiger partial charge in [0.05, 0.1) is 0 Å². The van der Waals surface area contributed by atoms with Crippen molar-refractivity contribution in [1.29, 1.82) is 0 Å². The van der Waals surface area contributed by atoms with Crippen LogP contribution in [0.5, 0.6) is 11.5 Å². The summed E-state index contributed by atoms with van der Waals surface area (Å²) in [5.74, 6) is -0.908. The van der Waals surface area contributed by atoms with Gasteiger partial charge in [0, 0.05) is 35.0 Å². The monoisotopic (exact) mass is 364 g/mol. The Kier molecular flexibility index (Phi) is 4.02. The third kappa shape index (κ3) is 2.98. The summed E-state index contributed by atoms with van der Waals surface area (Å²) in [5, 5.41) is 0.361. The molecular formula is C16H13FN2O3S2. The van der Waals surface area contributed by atoms with Gasteiger partial charge in [0.1, 0.15) is 15.6 Å². The van der Waals surface area contributed by atoms with Gasteiger partial charge in [-0.25, -0.2) is 12.8 Å². The smallest absolute Gasteiger partial charge is 0.182 e. The summed E-state index contributed by atoms with van der Waals surface area (Å²) in [6.07, 6.45) is 2.54. The van der Waals surface area contributed by atoms with Crippen LogP contribution in [0.3, 0.4) is 0 Å². The van der Waals surface area contributed by atoms with Crippen LogP contribution >= 0.6 is 12.2 Å². The zero-order chi connectivity index (χ0) is 17.5. The molecule has 124 valence electrons. The second kappa shape index (κ2) is 5.88. The molecule has 0 aliphatic carbocycles. The Bertz CT molecular complexity index is 1060. The summed E-state index contributed by atoms with van der Waals surface area (Å²) in [4.78, 5) is 2.74. The Hall–Kier alpha value is -2.45. The highest BCUT2D eigenvalue weighted by Crippen LogP contribution is 2.37. The minimum absolute atomic E-state index is 0.158. The van der Waals surface area contributed by atoms with Gasteiger partial charge in [-0.05, 0) is 18.2 Å². The number of ether oxygens (including phenoxy) is 1. The van der Waals surface area contributed by atoms with Gasteiger partial charge < -0.3 is 15.5 Å². The first-order valence-electron chi connectivity index (χ1n) is 6.85. The number of benzene rings is 2. The van der Waals surface area contributed by atoms with Crippen LogP contribution in [-0.4, -0.2) is 24.6 Å². The largest absolute Gasteiger partial charge is 0.453 e. The molecule has 0 radical (unpaired) electrons. The molecule has 0 aliphatic heterocycles. The van der Waals surface area contributed by atoms with Crippen molar-refractivity contribution in [2.75, 3.05) is 6.26 Å². The summed E-state index contributed by atoms with van der Waals surface area (Å²) in [6, 6.07) is 9.15. The lowest BCUT2D eigenvalue weighted by Crippen LogP contribution is -2.09. The number of nitrogens with one attached hydrogen (secondary N) is 1. The molecule has 1 heterocycles. The molecule has 0 spiro atoms. The van der Waals surface area contributed by atoms with E-state index in [9.17, 15) is 12.8 Å². The average Bonchev–Trinajstić information content (AvgIpc) is 2.94. The molecule has 5 nitrogen and oxygen atoms in total. The van der Waals surface area contributed by atoms with E-state index in [1.54, 1.807) is 24.3 Å². The summed E-state index contributed by atoms with van der Waals surface area (Å²) in [6.45, 7) is 0. The van der Waals surface area contributed by atoms with Crippen molar-refractivity contribution in [2.45, 2.75) is 4.90 Å². The number of aromatic nitrogens is 1. The van der Waals surface area contributed by atoms with Crippen molar-refractivity contribution in [3.63, 3.8) is 0 Å². The van der Waals surface area contributed by atoms with Gasteiger partial charge in [0.25, 0.3) is 0 Å². The normalized spacial score (nSPS) is 11.6. The van der Waals surface area contributed by atoms with E-state index in [-0.39, 0.29) is 21.4 Å². The number of nitrogens with two attached hydrogens (primary N) is 1. The number of H-pyrrole nitrogens is 1. The van der Waals surface area contributed by atoms with Crippen molar-refractivity contribution < 1.29 is 17.5 Å². The topological polar surface area (TPSA) is 85.2 Å². The van der Waals surface area contributed by atoms with Gasteiger partial charge in [-0.3, -0.25) is 0 Å². The number of aromatic amines is 1. The van der Waals surface area contributed by atoms with Crippen LogP contribution in [0.2, 0.25) is 0 Å². The predicted molar refractivity (Wildman–Crippen MR) is 93.8 cm³/mol. The molecule has 3 rings (SSSR count). The molecule has 0 atom stereocenters. The fraction of sp³-hybridized carbons (Fsp3) is 0.0625. The van der Waals surface area contributed by atoms with E-state index < -0.39 is 15.7 Å². The first-order valence-corrected chi connectivity index (χ1v) is 9.14. The van der Waals surface area contributed by atoms with Crippen molar-refractivity contribution in [1.82, 2.24) is 4.98 Å². The molecule has 3 N–H and O–H groups in total. The van der Waals surface area contributed by atoms with E-state index in [2.05, 4.69) is 4.98 Å². The maximum atomic E-state index is 14.5. The van der Waals surface area contributed by atoms with Crippen LogP contribution < -0.4 is 10.5 Å². The van der Waals surface area contributed by atoms with E-state index in [4.69, 9.17) is 22.7 Å². The van der Waals surface area contributed by atoms with Crippen LogP contribution in [-0.2, 0) is 9.84 Å². The van der Waals surface area contributed by atoms with Crippen LogP contribution in [0.15, 0.2) is 47.5 Å². The summed E-state index contributed by atoms with van der Waals surface area (Å²) >= 11 is 4.90. The lowest BCUT2D eigenvalue weighted by molar-refractivity contribution is 0.430. The van der Waals surface area contributed by atoms with E-state index in [0.717, 1.165) is 6.26 Å². The zero-order valence-electron chi connectivity index (χ0n) is 12.5. The first kappa shape index (κ1) is 16.4. The number of halogens is 1. The van der Waals surface area contributed by atoms with E-state index in [0.29, 0.717) is 16.5 Å². The molecule has 8 heteroatoms. The molecule has 0 fully saturated rings. The second-order valence-electron chi connectivity index (χ2n) is 5.22. The number of fused-ring (bicyclic) bond motifs is 1. The fourth-order valence-corrected chi connectivity index (χ4v) is 3.60. The van der Waals surface area contributed by atoms with Crippen molar-refractivity contribution in [2.24, 2.45) is 5.73 Å². The lowest BCUT2D eigenvalue weighted by Gasteiger charge is -2.13. The molecule has 0 aliphatic rings. The third-order valence-corrected chi connectivity index (χ3v) is 4.81. The Morgan fingerprint density at radius 2 is 2.04 bits per heavy atom. The second-order valence-corrected chi connectivity index (χ2v) is 7.61. The number of sulfone groups is 1. The molecule has 1 aromatic heterocycles. The summed E-state index contributed by atoms with van der Waals surface area (Å²) in [5.41, 5.74) is 6.47. The molecular weight excluding hydrogens is 351 g/mol. The van der Waals surface area contributed by atoms with Crippen LogP contribution in [0.25, 0.3) is 10.9 Å². The van der Waals surface area contributed by atoms with Crippen LogP contribution in [0, 0.1) is 5.82 Å². The van der Waals surface area contributed by atoms with Gasteiger partial charge in [-0.2, -0.15) is 0 Å². The maximum absolute atomic E-state index is 14.5. The summed E-state index contributed by atoms with van der Waals surface area (Å²) < 4.78 is 44.4. The molecule has 3 aromatic rings. The minimum Gasteiger partial charge on any atom is -0.453 e. The van der Waals surface area contributed by atoms with Gasteiger partial charge in [0.15, 0.2) is 21.4 Å². The van der Waals surface area contributed by atoms with Crippen LogP contribution in [0.4, 0.5) is 4.39 Å². The Labute approximate surface area is 143 Å². The maximum Gasteiger partial charge on any atom is 0.182 e. The fourth-order valence-electron chi connectivity index (χ4n) is 2.42. The Morgan fingerprint density at radius 3 is 2.71 bits per heavy atom. The quantitative estimate of drug-likeness (QED) is 0.695. The number of thiocarbonyl (C=S) groups is 1. The molecule has 0 saturated carbocycles. The number of hydrogen-bond acceptors (Lipinski definition) is 4. The highest BCUT2D eigenvalue weighted by molar-refractivity contribution is 7.91. The highest BCUT2D eigenvalue weighted by Gasteiger charge is 2.24. The van der Waals surface area contributed by atoms with Gasteiger partial charge >= 0.3 is 0 Å². The minimum atomic E-state index is -3.73. The van der Waals surface area contributed by atoms with Crippen molar-refractivity contribution in [3.8, 4) is 11.5 Å². The molecule has 0 bridgehead atoms.